The van der Waals surface area contributed by atoms with Crippen LogP contribution in [0.4, 0.5) is 18.9 Å². The van der Waals surface area contributed by atoms with Gasteiger partial charge in [0.15, 0.2) is 0 Å². The topological polar surface area (TPSA) is 64.6 Å². The summed E-state index contributed by atoms with van der Waals surface area (Å²) in [5, 5.41) is 0. The average Bonchev–Trinajstić information content (AvgIpc) is 2.83. The van der Waals surface area contributed by atoms with Crippen LogP contribution in [0.3, 0.4) is 0 Å². The van der Waals surface area contributed by atoms with Crippen molar-refractivity contribution in [3.05, 3.63) is 95.1 Å². The average molecular weight is 546 g/mol. The number of nitrogens with one attached hydrogen (secondary N) is 1. The minimum Gasteiger partial charge on any atom is -0.480 e. The number of ether oxygens (including phenoxy) is 2. The molecule has 1 atom stereocenters. The molecule has 0 saturated carbocycles. The molecule has 0 amide bonds. The van der Waals surface area contributed by atoms with Gasteiger partial charge in [0, 0.05) is 11.3 Å². The van der Waals surface area contributed by atoms with Crippen LogP contribution in [0, 0.1) is 0 Å². The van der Waals surface area contributed by atoms with Gasteiger partial charge < -0.3 is 9.47 Å². The fourth-order valence-corrected chi connectivity index (χ4v) is 5.02. The van der Waals surface area contributed by atoms with Crippen LogP contribution in [0.5, 0.6) is 5.75 Å². The van der Waals surface area contributed by atoms with Crippen molar-refractivity contribution in [1.29, 1.82) is 0 Å². The molecular weight excluding hydrogens is 515 g/mol. The van der Waals surface area contributed by atoms with Crippen molar-refractivity contribution in [3.8, 4) is 5.75 Å². The van der Waals surface area contributed by atoms with E-state index >= 15 is 0 Å². The Labute approximate surface area is 221 Å². The lowest BCUT2D eigenvalue weighted by Gasteiger charge is -2.31. The van der Waals surface area contributed by atoms with E-state index in [1.54, 1.807) is 30.3 Å². The van der Waals surface area contributed by atoms with E-state index in [2.05, 4.69) is 25.5 Å². The fraction of sp³-hybridized carbons (Fsp3) is 0.310. The molecule has 3 aromatic carbocycles. The molecule has 1 aliphatic rings. The molecule has 3 aromatic rings. The normalized spacial score (nSPS) is 17.6. The van der Waals surface area contributed by atoms with E-state index < -0.39 is 27.4 Å². The number of halogens is 3. The van der Waals surface area contributed by atoms with Crippen LogP contribution in [0.2, 0.25) is 0 Å². The third-order valence-electron chi connectivity index (χ3n) is 6.19. The number of anilines is 1. The van der Waals surface area contributed by atoms with E-state index in [4.69, 9.17) is 9.47 Å². The maximum atomic E-state index is 12.9. The fourth-order valence-electron chi connectivity index (χ4n) is 3.97. The maximum absolute atomic E-state index is 12.9. The summed E-state index contributed by atoms with van der Waals surface area (Å²) in [5.74, 6) is 0.561. The Kier molecular flexibility index (Phi) is 7.38. The van der Waals surface area contributed by atoms with E-state index in [1.165, 1.54) is 12.1 Å². The first-order chi connectivity index (χ1) is 17.6. The summed E-state index contributed by atoms with van der Waals surface area (Å²) >= 11 is 0. The van der Waals surface area contributed by atoms with Crippen molar-refractivity contribution in [1.82, 2.24) is 0 Å². The first-order valence-electron chi connectivity index (χ1n) is 12.0. The Balaban J connectivity index is 1.38. The third-order valence-corrected chi connectivity index (χ3v) is 7.59. The summed E-state index contributed by atoms with van der Waals surface area (Å²) in [5.41, 5.74) is 1.18. The van der Waals surface area contributed by atoms with Gasteiger partial charge in [-0.25, -0.2) is 8.42 Å². The van der Waals surface area contributed by atoms with Crippen LogP contribution in [0.1, 0.15) is 49.9 Å². The maximum Gasteiger partial charge on any atom is 0.416 e. The van der Waals surface area contributed by atoms with Crippen LogP contribution in [0.15, 0.2) is 77.7 Å². The molecule has 0 fully saturated rings. The summed E-state index contributed by atoms with van der Waals surface area (Å²) in [6, 6.07) is 16.7. The highest BCUT2D eigenvalue weighted by Crippen LogP contribution is 2.34. The van der Waals surface area contributed by atoms with E-state index in [0.717, 1.165) is 17.7 Å². The highest BCUT2D eigenvalue weighted by Gasteiger charge is 2.30. The molecule has 4 rings (SSSR count). The Morgan fingerprint density at radius 1 is 0.921 bits per heavy atom. The standard InChI is InChI=1S/C29H30F3NO4S/c1-27(2,3)22-9-12-25(13-10-22)38(34,35)33-24-11-14-26-21(17-24)15-16-28(4,37-26)19-36-18-20-5-7-23(8-6-20)29(30,31)32/h5-17,33H,18-19H2,1-4H3. The van der Waals surface area contributed by atoms with Crippen molar-refractivity contribution in [3.63, 3.8) is 0 Å². The van der Waals surface area contributed by atoms with Crippen LogP contribution >= 0.6 is 0 Å². The molecule has 0 aliphatic carbocycles. The zero-order chi connectivity index (χ0) is 27.8. The molecule has 1 aliphatic heterocycles. The predicted molar refractivity (Wildman–Crippen MR) is 142 cm³/mol. The highest BCUT2D eigenvalue weighted by molar-refractivity contribution is 7.92. The number of fused-ring (bicyclic) bond motifs is 1. The molecule has 0 radical (unpaired) electrons. The quantitative estimate of drug-likeness (QED) is 0.341. The molecule has 5 nitrogen and oxygen atoms in total. The Bertz CT molecular complexity index is 1420. The molecule has 202 valence electrons. The molecule has 0 bridgehead atoms. The van der Waals surface area contributed by atoms with Gasteiger partial charge in [-0.05, 0) is 72.0 Å². The molecule has 9 heteroatoms. The molecule has 0 aromatic heterocycles. The summed E-state index contributed by atoms with van der Waals surface area (Å²) in [6.45, 7) is 8.32. The number of hydrogen-bond acceptors (Lipinski definition) is 4. The minimum atomic E-state index is -4.38. The minimum absolute atomic E-state index is 0.0811. The summed E-state index contributed by atoms with van der Waals surface area (Å²) in [4.78, 5) is 0.174. The van der Waals surface area contributed by atoms with Gasteiger partial charge in [-0.15, -0.1) is 0 Å². The molecule has 0 spiro atoms. The van der Waals surface area contributed by atoms with Crippen LogP contribution in [-0.2, 0) is 33.0 Å². The van der Waals surface area contributed by atoms with E-state index in [1.807, 2.05) is 31.2 Å². The van der Waals surface area contributed by atoms with Crippen LogP contribution < -0.4 is 9.46 Å². The van der Waals surface area contributed by atoms with Gasteiger partial charge in [0.25, 0.3) is 10.0 Å². The second-order valence-electron chi connectivity index (χ2n) is 10.6. The first kappa shape index (κ1) is 27.7. The molecule has 0 saturated heterocycles. The number of alkyl halides is 3. The van der Waals surface area contributed by atoms with Gasteiger partial charge in [0.1, 0.15) is 11.4 Å². The van der Waals surface area contributed by atoms with Crippen molar-refractivity contribution in [2.24, 2.45) is 0 Å². The molecule has 38 heavy (non-hydrogen) atoms. The molecule has 1 heterocycles. The Morgan fingerprint density at radius 2 is 1.55 bits per heavy atom. The SMILES string of the molecule is CC1(COCc2ccc(C(F)(F)F)cc2)C=Cc2cc(NS(=O)(=O)c3ccc(C(C)(C)C)cc3)ccc2O1. The third kappa shape index (κ3) is 6.57. The van der Waals surface area contributed by atoms with E-state index in [-0.39, 0.29) is 23.5 Å². The molecular formula is C29H30F3NO4S. The highest BCUT2D eigenvalue weighted by atomic mass is 32.2. The number of rotatable bonds is 7. The lowest BCUT2D eigenvalue weighted by molar-refractivity contribution is -0.137. The summed E-state index contributed by atoms with van der Waals surface area (Å²) in [7, 11) is -3.77. The zero-order valence-corrected chi connectivity index (χ0v) is 22.4. The van der Waals surface area contributed by atoms with E-state index in [9.17, 15) is 21.6 Å². The second kappa shape index (κ2) is 10.1. The van der Waals surface area contributed by atoms with Crippen molar-refractivity contribution >= 4 is 21.8 Å². The Hall–Kier alpha value is -3.30. The van der Waals surface area contributed by atoms with Gasteiger partial charge in [0.05, 0.1) is 23.7 Å². The summed E-state index contributed by atoms with van der Waals surface area (Å²) in [6.07, 6.45) is -0.736. The van der Waals surface area contributed by atoms with Crippen molar-refractivity contribution in [2.75, 3.05) is 11.3 Å². The van der Waals surface area contributed by atoms with Gasteiger partial charge in [-0.3, -0.25) is 4.72 Å². The van der Waals surface area contributed by atoms with Crippen molar-refractivity contribution < 1.29 is 31.1 Å². The monoisotopic (exact) mass is 545 g/mol. The predicted octanol–water partition coefficient (Wildman–Crippen LogP) is 7.18. The lowest BCUT2D eigenvalue weighted by atomic mass is 9.87. The zero-order valence-electron chi connectivity index (χ0n) is 21.6. The van der Waals surface area contributed by atoms with Crippen LogP contribution in [0.25, 0.3) is 6.08 Å². The molecule has 1 N–H and O–H groups in total. The number of benzene rings is 3. The smallest absolute Gasteiger partial charge is 0.416 e. The lowest BCUT2D eigenvalue weighted by Crippen LogP contribution is -2.37. The van der Waals surface area contributed by atoms with Gasteiger partial charge in [0.2, 0.25) is 0 Å². The number of hydrogen-bond donors (Lipinski definition) is 1. The van der Waals surface area contributed by atoms with E-state index in [0.29, 0.717) is 22.6 Å². The van der Waals surface area contributed by atoms with Gasteiger partial charge in [-0.2, -0.15) is 13.2 Å². The van der Waals surface area contributed by atoms with Crippen molar-refractivity contribution in [2.45, 2.75) is 56.4 Å². The Morgan fingerprint density at radius 3 is 2.16 bits per heavy atom. The molecule has 1 unspecified atom stereocenters. The van der Waals surface area contributed by atoms with Crippen LogP contribution in [-0.4, -0.2) is 20.6 Å². The number of sulfonamides is 1. The summed E-state index contributed by atoms with van der Waals surface area (Å²) < 4.78 is 78.4. The first-order valence-corrected chi connectivity index (χ1v) is 13.5. The van der Waals surface area contributed by atoms with Gasteiger partial charge in [-0.1, -0.05) is 51.1 Å². The largest absolute Gasteiger partial charge is 0.480 e. The second-order valence-corrected chi connectivity index (χ2v) is 12.3. The van der Waals surface area contributed by atoms with Gasteiger partial charge >= 0.3 is 6.18 Å².